The number of rotatable bonds is 6. The lowest BCUT2D eigenvalue weighted by atomic mass is 9.96. The van der Waals surface area contributed by atoms with Gasteiger partial charge in [0.15, 0.2) is 0 Å². The maximum absolute atomic E-state index is 6.40. The third kappa shape index (κ3) is 3.36. The highest BCUT2D eigenvalue weighted by Gasteiger charge is 2.17. The second-order valence-corrected chi connectivity index (χ2v) is 6.27. The van der Waals surface area contributed by atoms with E-state index in [1.54, 1.807) is 11.3 Å². The van der Waals surface area contributed by atoms with Crippen molar-refractivity contribution < 1.29 is 4.74 Å². The van der Waals surface area contributed by atoms with E-state index in [-0.39, 0.29) is 6.10 Å². The van der Waals surface area contributed by atoms with Gasteiger partial charge in [0, 0.05) is 16.9 Å². The van der Waals surface area contributed by atoms with Crippen LogP contribution in [0.5, 0.6) is 5.75 Å². The molecule has 0 bridgehead atoms. The Morgan fingerprint density at radius 3 is 2.90 bits per heavy atom. The normalized spacial score (nSPS) is 14.7. The molecule has 3 heteroatoms. The summed E-state index contributed by atoms with van der Waals surface area (Å²) in [6.45, 7) is 0.956. The van der Waals surface area contributed by atoms with Crippen LogP contribution >= 0.6 is 11.3 Å². The number of thiophene rings is 1. The van der Waals surface area contributed by atoms with E-state index in [2.05, 4.69) is 53.2 Å². The van der Waals surface area contributed by atoms with Crippen LogP contribution in [0.4, 0.5) is 0 Å². The van der Waals surface area contributed by atoms with Crippen molar-refractivity contribution in [2.45, 2.75) is 25.4 Å². The number of hydrogen-bond acceptors (Lipinski definition) is 3. The summed E-state index contributed by atoms with van der Waals surface area (Å²) in [5, 5.41) is 5.34. The van der Waals surface area contributed by atoms with E-state index in [0.717, 1.165) is 31.6 Å². The highest BCUT2D eigenvalue weighted by atomic mass is 32.1. The lowest BCUT2D eigenvalue weighted by molar-refractivity contribution is 0.197. The zero-order chi connectivity index (χ0) is 14.5. The van der Waals surface area contributed by atoms with E-state index in [0.29, 0.717) is 0 Å². The molecule has 1 aliphatic rings. The Balaban J connectivity index is 1.83. The summed E-state index contributed by atoms with van der Waals surface area (Å²) in [6.07, 6.45) is 7.60. The molecule has 1 aliphatic carbocycles. The SMILES string of the molecule is CNCC[C@H](Oc1cccc2c1CC=CC2)c1cccs1. The van der Waals surface area contributed by atoms with Gasteiger partial charge in [0.05, 0.1) is 0 Å². The van der Waals surface area contributed by atoms with E-state index in [4.69, 9.17) is 4.74 Å². The molecule has 0 saturated carbocycles. The molecule has 1 heterocycles. The highest BCUT2D eigenvalue weighted by Crippen LogP contribution is 2.33. The van der Waals surface area contributed by atoms with Gasteiger partial charge in [-0.2, -0.15) is 0 Å². The molecule has 1 aromatic heterocycles. The predicted octanol–water partition coefficient (Wildman–Crippen LogP) is 4.13. The van der Waals surface area contributed by atoms with Crippen molar-refractivity contribution in [1.82, 2.24) is 5.32 Å². The van der Waals surface area contributed by atoms with Crippen LogP contribution in [0.25, 0.3) is 0 Å². The van der Waals surface area contributed by atoms with Crippen molar-refractivity contribution in [3.8, 4) is 5.75 Å². The zero-order valence-corrected chi connectivity index (χ0v) is 13.2. The molecule has 1 atom stereocenters. The van der Waals surface area contributed by atoms with Crippen molar-refractivity contribution in [3.63, 3.8) is 0 Å². The second kappa shape index (κ2) is 6.92. The number of hydrogen-bond donors (Lipinski definition) is 1. The molecule has 1 aromatic carbocycles. The van der Waals surface area contributed by atoms with E-state index in [1.165, 1.54) is 16.0 Å². The lowest BCUT2D eigenvalue weighted by Crippen LogP contribution is -2.16. The first-order valence-corrected chi connectivity index (χ1v) is 8.37. The minimum atomic E-state index is 0.134. The van der Waals surface area contributed by atoms with Crippen LogP contribution in [-0.2, 0) is 12.8 Å². The van der Waals surface area contributed by atoms with E-state index < -0.39 is 0 Å². The van der Waals surface area contributed by atoms with Crippen LogP contribution < -0.4 is 10.1 Å². The van der Waals surface area contributed by atoms with Gasteiger partial charge < -0.3 is 10.1 Å². The molecule has 0 saturated heterocycles. The maximum atomic E-state index is 6.40. The minimum absolute atomic E-state index is 0.134. The van der Waals surface area contributed by atoms with Crippen LogP contribution in [0, 0.1) is 0 Å². The molecular weight excluding hydrogens is 278 g/mol. The Bertz CT molecular complexity index is 604. The first-order valence-electron chi connectivity index (χ1n) is 7.49. The van der Waals surface area contributed by atoms with Crippen LogP contribution in [0.2, 0.25) is 0 Å². The van der Waals surface area contributed by atoms with Gasteiger partial charge in [-0.25, -0.2) is 0 Å². The van der Waals surface area contributed by atoms with Crippen molar-refractivity contribution in [2.75, 3.05) is 13.6 Å². The summed E-state index contributed by atoms with van der Waals surface area (Å²) < 4.78 is 6.40. The van der Waals surface area contributed by atoms with E-state index in [9.17, 15) is 0 Å². The van der Waals surface area contributed by atoms with Crippen molar-refractivity contribution in [1.29, 1.82) is 0 Å². The molecule has 0 radical (unpaired) electrons. The summed E-state index contributed by atoms with van der Waals surface area (Å²) in [5.41, 5.74) is 2.75. The summed E-state index contributed by atoms with van der Waals surface area (Å²) in [7, 11) is 1.99. The maximum Gasteiger partial charge on any atom is 0.134 e. The fourth-order valence-electron chi connectivity index (χ4n) is 2.72. The van der Waals surface area contributed by atoms with Gasteiger partial charge in [-0.3, -0.25) is 0 Å². The Labute approximate surface area is 130 Å². The summed E-state index contributed by atoms with van der Waals surface area (Å²) in [4.78, 5) is 1.30. The predicted molar refractivity (Wildman–Crippen MR) is 89.2 cm³/mol. The zero-order valence-electron chi connectivity index (χ0n) is 12.3. The quantitative estimate of drug-likeness (QED) is 0.810. The van der Waals surface area contributed by atoms with Gasteiger partial charge in [-0.1, -0.05) is 30.4 Å². The fraction of sp³-hybridized carbons (Fsp3) is 0.333. The van der Waals surface area contributed by atoms with Gasteiger partial charge in [0.2, 0.25) is 0 Å². The van der Waals surface area contributed by atoms with Gasteiger partial charge in [0.25, 0.3) is 0 Å². The summed E-state index contributed by atoms with van der Waals surface area (Å²) in [5.74, 6) is 1.05. The average Bonchev–Trinajstić information content (AvgIpc) is 3.06. The number of allylic oxidation sites excluding steroid dienone is 2. The summed E-state index contributed by atoms with van der Waals surface area (Å²) in [6, 6.07) is 10.7. The number of nitrogens with one attached hydrogen (secondary N) is 1. The number of ether oxygens (including phenoxy) is 1. The first kappa shape index (κ1) is 14.4. The van der Waals surface area contributed by atoms with Crippen molar-refractivity contribution in [3.05, 3.63) is 63.9 Å². The van der Waals surface area contributed by atoms with Gasteiger partial charge in [0.1, 0.15) is 11.9 Å². The van der Waals surface area contributed by atoms with E-state index in [1.807, 2.05) is 7.05 Å². The Kier molecular flexibility index (Phi) is 4.73. The minimum Gasteiger partial charge on any atom is -0.485 e. The second-order valence-electron chi connectivity index (χ2n) is 5.29. The molecule has 0 unspecified atom stereocenters. The largest absolute Gasteiger partial charge is 0.485 e. The number of benzene rings is 1. The molecule has 110 valence electrons. The Hall–Kier alpha value is -1.58. The molecular formula is C18H21NOS. The van der Waals surface area contributed by atoms with Gasteiger partial charge in [-0.15, -0.1) is 11.3 Å². The molecule has 1 N–H and O–H groups in total. The summed E-state index contributed by atoms with van der Waals surface area (Å²) >= 11 is 1.77. The molecule has 0 aliphatic heterocycles. The molecule has 2 nitrogen and oxygen atoms in total. The molecule has 0 amide bonds. The van der Waals surface area contributed by atoms with Crippen LogP contribution in [0.3, 0.4) is 0 Å². The third-order valence-electron chi connectivity index (χ3n) is 3.84. The molecule has 21 heavy (non-hydrogen) atoms. The molecule has 3 rings (SSSR count). The average molecular weight is 299 g/mol. The van der Waals surface area contributed by atoms with Crippen LogP contribution in [0.1, 0.15) is 28.5 Å². The smallest absolute Gasteiger partial charge is 0.134 e. The first-order chi connectivity index (χ1) is 10.4. The standard InChI is InChI=1S/C18H21NOS/c1-19-12-11-17(18-10-5-13-21-18)20-16-9-4-7-14-6-2-3-8-15(14)16/h2-5,7,9-10,13,17,19H,6,8,11-12H2,1H3/t17-/m0/s1. The topological polar surface area (TPSA) is 21.3 Å². The number of fused-ring (bicyclic) bond motifs is 1. The molecule has 2 aromatic rings. The molecule has 0 fully saturated rings. The Morgan fingerprint density at radius 1 is 1.19 bits per heavy atom. The monoisotopic (exact) mass is 299 g/mol. The Morgan fingerprint density at radius 2 is 2.10 bits per heavy atom. The van der Waals surface area contributed by atoms with Crippen molar-refractivity contribution >= 4 is 11.3 Å². The highest BCUT2D eigenvalue weighted by molar-refractivity contribution is 7.10. The third-order valence-corrected chi connectivity index (χ3v) is 4.81. The van der Waals surface area contributed by atoms with Crippen LogP contribution in [0.15, 0.2) is 47.9 Å². The van der Waals surface area contributed by atoms with Gasteiger partial charge in [-0.05, 0) is 49.5 Å². The van der Waals surface area contributed by atoms with E-state index >= 15 is 0 Å². The van der Waals surface area contributed by atoms with Crippen molar-refractivity contribution in [2.24, 2.45) is 0 Å². The fourth-order valence-corrected chi connectivity index (χ4v) is 3.51. The van der Waals surface area contributed by atoms with Gasteiger partial charge >= 0.3 is 0 Å². The lowest BCUT2D eigenvalue weighted by Gasteiger charge is -2.22. The molecule has 0 spiro atoms. The van der Waals surface area contributed by atoms with Crippen LogP contribution in [-0.4, -0.2) is 13.6 Å².